The van der Waals surface area contributed by atoms with Crippen LogP contribution in [0.1, 0.15) is 18.1 Å². The van der Waals surface area contributed by atoms with Gasteiger partial charge in [-0.05, 0) is 19.4 Å². The molecular weight excluding hydrogens is 194 g/mol. The fourth-order valence-corrected chi connectivity index (χ4v) is 2.03. The van der Waals surface area contributed by atoms with Crippen LogP contribution in [0.15, 0.2) is 24.3 Å². The summed E-state index contributed by atoms with van der Waals surface area (Å²) in [6.07, 6.45) is 0. The fraction of sp³-hybridized carbons (Fsp3) is 0.364. The molecule has 0 bridgehead atoms. The van der Waals surface area contributed by atoms with E-state index in [4.69, 9.17) is 5.26 Å². The van der Waals surface area contributed by atoms with Gasteiger partial charge in [0.1, 0.15) is 5.25 Å². The Labute approximate surface area is 87.0 Å². The molecule has 0 aliphatic heterocycles. The van der Waals surface area contributed by atoms with Gasteiger partial charge in [0.05, 0.1) is 6.07 Å². The molecule has 0 fully saturated rings. The average Bonchev–Trinajstić information content (AvgIpc) is 2.16. The molecule has 0 radical (unpaired) electrons. The van der Waals surface area contributed by atoms with E-state index in [9.17, 15) is 4.21 Å². The van der Waals surface area contributed by atoms with E-state index in [0.717, 1.165) is 11.1 Å². The summed E-state index contributed by atoms with van der Waals surface area (Å²) in [6, 6.07) is 9.88. The zero-order chi connectivity index (χ0) is 10.6. The van der Waals surface area contributed by atoms with E-state index in [2.05, 4.69) is 0 Å². The number of nitriles is 1. The first-order valence-electron chi connectivity index (χ1n) is 4.46. The molecule has 0 saturated heterocycles. The molecule has 2 atom stereocenters. The Balaban J connectivity index is 2.71. The van der Waals surface area contributed by atoms with Crippen LogP contribution in [-0.2, 0) is 16.6 Å². The lowest BCUT2D eigenvalue weighted by Crippen LogP contribution is -2.09. The molecule has 0 saturated carbocycles. The molecule has 0 aromatic heterocycles. The van der Waals surface area contributed by atoms with Crippen molar-refractivity contribution in [2.45, 2.75) is 24.9 Å². The molecule has 0 heterocycles. The highest BCUT2D eigenvalue weighted by Crippen LogP contribution is 2.09. The first kappa shape index (κ1) is 10.9. The van der Waals surface area contributed by atoms with E-state index in [1.165, 1.54) is 0 Å². The summed E-state index contributed by atoms with van der Waals surface area (Å²) >= 11 is 0. The van der Waals surface area contributed by atoms with Crippen molar-refractivity contribution in [1.82, 2.24) is 0 Å². The summed E-state index contributed by atoms with van der Waals surface area (Å²) in [7, 11) is -1.09. The van der Waals surface area contributed by atoms with E-state index < -0.39 is 16.0 Å². The Bertz CT molecular complexity index is 381. The summed E-state index contributed by atoms with van der Waals surface area (Å²) in [5.41, 5.74) is 2.19. The SMILES string of the molecule is Cc1cccc(CS(=O)C(C)C#N)c1. The van der Waals surface area contributed by atoms with Gasteiger partial charge in [-0.25, -0.2) is 0 Å². The molecule has 1 rings (SSSR count). The third-order valence-corrected chi connectivity index (χ3v) is 3.48. The smallest absolute Gasteiger partial charge is 0.119 e. The lowest BCUT2D eigenvalue weighted by Gasteiger charge is -2.04. The largest absolute Gasteiger partial charge is 0.258 e. The molecular formula is C11H13NOS. The second-order valence-corrected chi connectivity index (χ2v) is 5.04. The highest BCUT2D eigenvalue weighted by molar-refractivity contribution is 7.85. The minimum atomic E-state index is -1.09. The average molecular weight is 207 g/mol. The van der Waals surface area contributed by atoms with Gasteiger partial charge in [0.15, 0.2) is 0 Å². The van der Waals surface area contributed by atoms with Crippen molar-refractivity contribution in [3.05, 3.63) is 35.4 Å². The number of aryl methyl sites for hydroxylation is 1. The first-order valence-corrected chi connectivity index (χ1v) is 5.84. The van der Waals surface area contributed by atoms with Crippen molar-refractivity contribution in [2.24, 2.45) is 0 Å². The van der Waals surface area contributed by atoms with Crippen LogP contribution >= 0.6 is 0 Å². The van der Waals surface area contributed by atoms with Crippen molar-refractivity contribution < 1.29 is 4.21 Å². The third kappa shape index (κ3) is 2.97. The Hall–Kier alpha value is -1.14. The third-order valence-electron chi connectivity index (χ3n) is 1.97. The van der Waals surface area contributed by atoms with Gasteiger partial charge in [-0.15, -0.1) is 0 Å². The Morgan fingerprint density at radius 3 is 2.86 bits per heavy atom. The van der Waals surface area contributed by atoms with Crippen LogP contribution in [0.5, 0.6) is 0 Å². The van der Waals surface area contributed by atoms with Crippen LogP contribution in [0, 0.1) is 18.3 Å². The molecule has 0 amide bonds. The van der Waals surface area contributed by atoms with Crippen molar-refractivity contribution in [3.8, 4) is 6.07 Å². The van der Waals surface area contributed by atoms with Crippen LogP contribution < -0.4 is 0 Å². The standard InChI is InChI=1S/C11H13NOS/c1-9-4-3-5-11(6-9)8-14(13)10(2)7-12/h3-6,10H,8H2,1-2H3. The van der Waals surface area contributed by atoms with Gasteiger partial charge in [0, 0.05) is 16.6 Å². The van der Waals surface area contributed by atoms with E-state index >= 15 is 0 Å². The van der Waals surface area contributed by atoms with Crippen molar-refractivity contribution in [3.63, 3.8) is 0 Å². The monoisotopic (exact) mass is 207 g/mol. The van der Waals surface area contributed by atoms with Gasteiger partial charge < -0.3 is 0 Å². The van der Waals surface area contributed by atoms with Crippen LogP contribution in [0.2, 0.25) is 0 Å². The maximum atomic E-state index is 11.5. The van der Waals surface area contributed by atoms with Crippen molar-refractivity contribution in [2.75, 3.05) is 0 Å². The van der Waals surface area contributed by atoms with Crippen molar-refractivity contribution in [1.29, 1.82) is 5.26 Å². The maximum absolute atomic E-state index is 11.5. The molecule has 0 aliphatic rings. The Morgan fingerprint density at radius 1 is 1.57 bits per heavy atom. The summed E-state index contributed by atoms with van der Waals surface area (Å²) < 4.78 is 11.5. The van der Waals surface area contributed by atoms with Gasteiger partial charge in [-0.3, -0.25) is 4.21 Å². The molecule has 0 spiro atoms. The van der Waals surface area contributed by atoms with Gasteiger partial charge in [-0.1, -0.05) is 29.8 Å². The van der Waals surface area contributed by atoms with Gasteiger partial charge in [0.25, 0.3) is 0 Å². The minimum absolute atomic E-state index is 0.393. The van der Waals surface area contributed by atoms with Crippen LogP contribution in [-0.4, -0.2) is 9.46 Å². The number of hydrogen-bond acceptors (Lipinski definition) is 2. The lowest BCUT2D eigenvalue weighted by atomic mass is 10.2. The quantitative estimate of drug-likeness (QED) is 0.762. The first-order chi connectivity index (χ1) is 6.63. The van der Waals surface area contributed by atoms with Crippen LogP contribution in [0.25, 0.3) is 0 Å². The van der Waals surface area contributed by atoms with Gasteiger partial charge in [0.2, 0.25) is 0 Å². The van der Waals surface area contributed by atoms with Crippen LogP contribution in [0.3, 0.4) is 0 Å². The molecule has 0 aliphatic carbocycles. The second kappa shape index (κ2) is 4.92. The summed E-state index contributed by atoms with van der Waals surface area (Å²) in [5.74, 6) is 0.469. The van der Waals surface area contributed by atoms with Gasteiger partial charge in [-0.2, -0.15) is 5.26 Å². The molecule has 0 N–H and O–H groups in total. The highest BCUT2D eigenvalue weighted by Gasteiger charge is 2.09. The van der Waals surface area contributed by atoms with Gasteiger partial charge >= 0.3 is 0 Å². The summed E-state index contributed by atoms with van der Waals surface area (Å²) in [5, 5.41) is 8.20. The molecule has 14 heavy (non-hydrogen) atoms. The number of rotatable bonds is 3. The number of hydrogen-bond donors (Lipinski definition) is 0. The second-order valence-electron chi connectivity index (χ2n) is 3.29. The van der Waals surface area contributed by atoms with E-state index in [1.54, 1.807) is 6.92 Å². The topological polar surface area (TPSA) is 40.9 Å². The van der Waals surface area contributed by atoms with E-state index in [1.807, 2.05) is 37.3 Å². The fourth-order valence-electron chi connectivity index (χ4n) is 1.15. The molecule has 1 aromatic rings. The molecule has 74 valence electrons. The Morgan fingerprint density at radius 2 is 2.29 bits per heavy atom. The number of nitrogens with zero attached hydrogens (tertiary/aromatic N) is 1. The molecule has 2 nitrogen and oxygen atoms in total. The zero-order valence-electron chi connectivity index (χ0n) is 8.36. The molecule has 2 unspecified atom stereocenters. The lowest BCUT2D eigenvalue weighted by molar-refractivity contribution is 0.679. The zero-order valence-corrected chi connectivity index (χ0v) is 9.17. The normalized spacial score (nSPS) is 14.4. The highest BCUT2D eigenvalue weighted by atomic mass is 32.2. The maximum Gasteiger partial charge on any atom is 0.119 e. The van der Waals surface area contributed by atoms with Crippen molar-refractivity contribution >= 4 is 10.8 Å². The number of benzene rings is 1. The Kier molecular flexibility index (Phi) is 3.84. The van der Waals surface area contributed by atoms with Crippen LogP contribution in [0.4, 0.5) is 0 Å². The van der Waals surface area contributed by atoms with E-state index in [0.29, 0.717) is 5.75 Å². The molecule has 3 heteroatoms. The van der Waals surface area contributed by atoms with E-state index in [-0.39, 0.29) is 0 Å². The summed E-state index contributed by atoms with van der Waals surface area (Å²) in [4.78, 5) is 0. The predicted molar refractivity (Wildman–Crippen MR) is 58.1 cm³/mol. The summed E-state index contributed by atoms with van der Waals surface area (Å²) in [6.45, 7) is 3.69. The minimum Gasteiger partial charge on any atom is -0.258 e. The predicted octanol–water partition coefficient (Wildman–Crippen LogP) is 2.16. The molecule has 1 aromatic carbocycles.